The van der Waals surface area contributed by atoms with Crippen LogP contribution >= 0.6 is 0 Å². The Morgan fingerprint density at radius 1 is 1.12 bits per heavy atom. The maximum Gasteiger partial charge on any atom is 0.263 e. The van der Waals surface area contributed by atoms with Crippen molar-refractivity contribution in [1.29, 1.82) is 0 Å². The molecule has 2 atom stereocenters. The minimum Gasteiger partial charge on any atom is -0.481 e. The summed E-state index contributed by atoms with van der Waals surface area (Å²) >= 11 is 0. The van der Waals surface area contributed by atoms with E-state index in [4.69, 9.17) is 4.74 Å². The number of carbonyl (C=O) groups excluding carboxylic acids is 2. The molecule has 1 N–H and O–H groups in total. The summed E-state index contributed by atoms with van der Waals surface area (Å²) in [5.41, 5.74) is 3.44. The normalized spacial score (nSPS) is 16.3. The van der Waals surface area contributed by atoms with Crippen molar-refractivity contribution in [2.45, 2.75) is 45.3 Å². The standard InChI is InChI=1S/C28H29FN2O3/c1-3-25(21-7-5-4-6-8-21)27(32)30-24-13-14-26-22(17-24)18-31(28(33)19(2)34-26)16-15-20-9-11-23(29)12-10-20/h4-14,17,19,25H,3,15-16,18H2,1-2H3,(H,30,32). The Hall–Kier alpha value is -3.67. The molecule has 0 saturated heterocycles. The number of hydrogen-bond acceptors (Lipinski definition) is 3. The number of rotatable bonds is 7. The summed E-state index contributed by atoms with van der Waals surface area (Å²) in [5, 5.41) is 3.03. The van der Waals surface area contributed by atoms with Crippen LogP contribution in [-0.4, -0.2) is 29.4 Å². The second-order valence-corrected chi connectivity index (χ2v) is 8.58. The average Bonchev–Trinajstić information content (AvgIpc) is 2.96. The molecule has 1 aliphatic rings. The van der Waals surface area contributed by atoms with Gasteiger partial charge in [-0.3, -0.25) is 9.59 Å². The van der Waals surface area contributed by atoms with Gasteiger partial charge in [-0.2, -0.15) is 0 Å². The van der Waals surface area contributed by atoms with E-state index in [0.29, 0.717) is 37.4 Å². The Balaban J connectivity index is 1.50. The lowest BCUT2D eigenvalue weighted by atomic mass is 9.95. The van der Waals surface area contributed by atoms with Crippen molar-refractivity contribution in [1.82, 2.24) is 4.90 Å². The largest absolute Gasteiger partial charge is 0.481 e. The van der Waals surface area contributed by atoms with Gasteiger partial charge in [0, 0.05) is 24.3 Å². The van der Waals surface area contributed by atoms with E-state index in [9.17, 15) is 14.0 Å². The third-order valence-electron chi connectivity index (χ3n) is 6.16. The van der Waals surface area contributed by atoms with Crippen LogP contribution in [0.4, 0.5) is 10.1 Å². The fraction of sp³-hybridized carbons (Fsp3) is 0.286. The number of hydrogen-bond donors (Lipinski definition) is 1. The van der Waals surface area contributed by atoms with Crippen LogP contribution in [0.15, 0.2) is 72.8 Å². The highest BCUT2D eigenvalue weighted by atomic mass is 19.1. The van der Waals surface area contributed by atoms with Gasteiger partial charge in [0.05, 0.1) is 5.92 Å². The van der Waals surface area contributed by atoms with E-state index in [-0.39, 0.29) is 23.5 Å². The van der Waals surface area contributed by atoms with Crippen LogP contribution in [0.3, 0.4) is 0 Å². The van der Waals surface area contributed by atoms with Crippen molar-refractivity contribution >= 4 is 17.5 Å². The third kappa shape index (κ3) is 5.45. The number of amides is 2. The zero-order valence-corrected chi connectivity index (χ0v) is 19.5. The Morgan fingerprint density at radius 2 is 1.85 bits per heavy atom. The maximum atomic E-state index is 13.2. The molecule has 4 rings (SSSR count). The van der Waals surface area contributed by atoms with Crippen molar-refractivity contribution in [3.8, 4) is 5.75 Å². The highest BCUT2D eigenvalue weighted by molar-refractivity contribution is 5.96. The summed E-state index contributed by atoms with van der Waals surface area (Å²) in [6.45, 7) is 4.59. The van der Waals surface area contributed by atoms with Crippen molar-refractivity contribution < 1.29 is 18.7 Å². The molecule has 0 aromatic heterocycles. The number of nitrogens with one attached hydrogen (secondary N) is 1. The predicted molar refractivity (Wildman–Crippen MR) is 130 cm³/mol. The molecule has 0 radical (unpaired) electrons. The van der Waals surface area contributed by atoms with Gasteiger partial charge in [-0.15, -0.1) is 0 Å². The van der Waals surface area contributed by atoms with Crippen LogP contribution in [0, 0.1) is 5.82 Å². The second kappa shape index (κ2) is 10.5. The fourth-order valence-corrected chi connectivity index (χ4v) is 4.27. The molecular weight excluding hydrogens is 431 g/mol. The van der Waals surface area contributed by atoms with Crippen LogP contribution in [-0.2, 0) is 22.6 Å². The number of anilines is 1. The fourth-order valence-electron chi connectivity index (χ4n) is 4.27. The predicted octanol–water partition coefficient (Wildman–Crippen LogP) is 5.31. The summed E-state index contributed by atoms with van der Waals surface area (Å²) in [6.07, 6.45) is 0.685. The Kier molecular flexibility index (Phi) is 7.26. The Labute approximate surface area is 199 Å². The number of fused-ring (bicyclic) bond motifs is 1. The molecule has 2 unspecified atom stereocenters. The van der Waals surface area contributed by atoms with Crippen LogP contribution in [0.1, 0.15) is 42.9 Å². The molecule has 34 heavy (non-hydrogen) atoms. The van der Waals surface area contributed by atoms with Gasteiger partial charge in [0.1, 0.15) is 11.6 Å². The van der Waals surface area contributed by atoms with Gasteiger partial charge in [-0.05, 0) is 61.2 Å². The highest BCUT2D eigenvalue weighted by Gasteiger charge is 2.28. The van der Waals surface area contributed by atoms with Crippen molar-refractivity contribution in [2.75, 3.05) is 11.9 Å². The van der Waals surface area contributed by atoms with Crippen LogP contribution in [0.5, 0.6) is 5.75 Å². The lowest BCUT2D eigenvalue weighted by Gasteiger charge is -2.22. The molecule has 0 saturated carbocycles. The van der Waals surface area contributed by atoms with Crippen molar-refractivity contribution in [3.63, 3.8) is 0 Å². The van der Waals surface area contributed by atoms with E-state index < -0.39 is 6.10 Å². The van der Waals surface area contributed by atoms with E-state index in [1.54, 1.807) is 30.0 Å². The van der Waals surface area contributed by atoms with Crippen molar-refractivity contribution in [3.05, 3.63) is 95.3 Å². The van der Waals surface area contributed by atoms with Crippen LogP contribution < -0.4 is 10.1 Å². The van der Waals surface area contributed by atoms with Gasteiger partial charge in [0.25, 0.3) is 5.91 Å². The second-order valence-electron chi connectivity index (χ2n) is 8.58. The lowest BCUT2D eigenvalue weighted by Crippen LogP contribution is -2.39. The molecule has 1 heterocycles. The molecule has 0 fully saturated rings. The number of ether oxygens (including phenoxy) is 1. The Morgan fingerprint density at radius 3 is 2.56 bits per heavy atom. The first-order valence-corrected chi connectivity index (χ1v) is 11.6. The minimum atomic E-state index is -0.613. The van der Waals surface area contributed by atoms with Crippen molar-refractivity contribution in [2.24, 2.45) is 0 Å². The molecule has 1 aliphatic heterocycles. The lowest BCUT2D eigenvalue weighted by molar-refractivity contribution is -0.137. The maximum absolute atomic E-state index is 13.2. The average molecular weight is 461 g/mol. The first kappa shape index (κ1) is 23.5. The SMILES string of the molecule is CCC(C(=O)Nc1ccc2c(c1)CN(CCc1ccc(F)cc1)C(=O)C(C)O2)c1ccccc1. The molecule has 5 nitrogen and oxygen atoms in total. The molecule has 3 aromatic carbocycles. The summed E-state index contributed by atoms with van der Waals surface area (Å²) in [5.74, 6) is -0.0548. The van der Waals surface area contributed by atoms with Gasteiger partial charge >= 0.3 is 0 Å². The van der Waals surface area contributed by atoms with Gasteiger partial charge in [-0.25, -0.2) is 4.39 Å². The molecule has 176 valence electrons. The summed E-state index contributed by atoms with van der Waals surface area (Å²) in [4.78, 5) is 27.7. The number of carbonyl (C=O) groups is 2. The summed E-state index contributed by atoms with van der Waals surface area (Å²) in [7, 11) is 0. The van der Waals surface area contributed by atoms with Crippen LogP contribution in [0.2, 0.25) is 0 Å². The first-order chi connectivity index (χ1) is 16.4. The van der Waals surface area contributed by atoms with Gasteiger partial charge in [0.15, 0.2) is 6.10 Å². The highest BCUT2D eigenvalue weighted by Crippen LogP contribution is 2.30. The quantitative estimate of drug-likeness (QED) is 0.520. The third-order valence-corrected chi connectivity index (χ3v) is 6.16. The topological polar surface area (TPSA) is 58.6 Å². The first-order valence-electron chi connectivity index (χ1n) is 11.6. The zero-order valence-electron chi connectivity index (χ0n) is 19.5. The van der Waals surface area contributed by atoms with E-state index in [1.165, 1.54) is 12.1 Å². The molecule has 2 amide bonds. The molecule has 3 aromatic rings. The van der Waals surface area contributed by atoms with E-state index in [0.717, 1.165) is 16.7 Å². The van der Waals surface area contributed by atoms with Gasteiger partial charge in [-0.1, -0.05) is 49.4 Å². The van der Waals surface area contributed by atoms with Gasteiger partial charge < -0.3 is 15.0 Å². The number of halogens is 1. The molecule has 0 spiro atoms. The molecule has 0 aliphatic carbocycles. The molecule has 6 heteroatoms. The van der Waals surface area contributed by atoms with Gasteiger partial charge in [0.2, 0.25) is 5.91 Å². The monoisotopic (exact) mass is 460 g/mol. The smallest absolute Gasteiger partial charge is 0.263 e. The summed E-state index contributed by atoms with van der Waals surface area (Å²) in [6, 6.07) is 21.5. The molecule has 0 bridgehead atoms. The number of benzene rings is 3. The van der Waals surface area contributed by atoms with Crippen LogP contribution in [0.25, 0.3) is 0 Å². The van der Waals surface area contributed by atoms with E-state index >= 15 is 0 Å². The minimum absolute atomic E-state index is 0.0687. The summed E-state index contributed by atoms with van der Waals surface area (Å²) < 4.78 is 19.1. The molecular formula is C28H29FN2O3. The van der Waals surface area contributed by atoms with E-state index in [1.807, 2.05) is 49.4 Å². The number of nitrogens with zero attached hydrogens (tertiary/aromatic N) is 1. The zero-order chi connectivity index (χ0) is 24.1. The Bertz CT molecular complexity index is 1150. The van der Waals surface area contributed by atoms with E-state index in [2.05, 4.69) is 5.32 Å².